The van der Waals surface area contributed by atoms with E-state index in [-0.39, 0.29) is 0 Å². The fourth-order valence-electron chi connectivity index (χ4n) is 2.97. The summed E-state index contributed by atoms with van der Waals surface area (Å²) in [7, 11) is -14.2. The molecule has 0 saturated heterocycles. The van der Waals surface area contributed by atoms with E-state index in [4.69, 9.17) is 32.7 Å². The highest BCUT2D eigenvalue weighted by molar-refractivity contribution is 6.83. The SMILES string of the molecule is C[Si](C)(C)O[Si](C)(C)N.C[Si](C)(C)O[Si](C)(C)O.C[Si](C)(C)O[Si](C)(C)O.C[Si](C)(N)O[Si](C)(C)N. The van der Waals surface area contributed by atoms with E-state index >= 15 is 0 Å². The standard InChI is InChI=1S/C5H17NOSi2.2C5H16O2Si2.C4H16N2OSi2/c3*1-8(2,3)7-9(4,5)6;1-8(2,5)7-9(3,4)6/h6H2,1-5H3;2*6H,1-5H3;5-6H2,1-4H3. The predicted octanol–water partition coefficient (Wildman–Crippen LogP) is 4.89. The molecule has 0 saturated carbocycles. The Morgan fingerprint density at radius 1 is 0.333 bits per heavy atom. The normalized spacial score (nSPS) is 14.0. The van der Waals surface area contributed by atoms with Crippen LogP contribution in [0.15, 0.2) is 0 Å². The van der Waals surface area contributed by atoms with Crippen LogP contribution in [0.2, 0.25) is 124 Å². The molecule has 0 aliphatic heterocycles. The van der Waals surface area contributed by atoms with Gasteiger partial charge in [0.15, 0.2) is 25.0 Å². The molecule has 0 aliphatic rings. The highest BCUT2D eigenvalue weighted by atomic mass is 28.4. The van der Waals surface area contributed by atoms with Gasteiger partial charge in [0, 0.05) is 0 Å². The minimum Gasteiger partial charge on any atom is -0.445 e. The van der Waals surface area contributed by atoms with Gasteiger partial charge in [-0.3, -0.25) is 0 Å². The van der Waals surface area contributed by atoms with E-state index < -0.39 is 67.5 Å². The summed E-state index contributed by atoms with van der Waals surface area (Å²) in [5.41, 5.74) is 0. The molecule has 0 bridgehead atoms. The van der Waals surface area contributed by atoms with Gasteiger partial charge in [-0.15, -0.1) is 0 Å². The van der Waals surface area contributed by atoms with Crippen LogP contribution in [0.25, 0.3) is 0 Å². The lowest BCUT2D eigenvalue weighted by Crippen LogP contribution is -2.55. The molecular weight excluding hydrogens is 591 g/mol. The van der Waals surface area contributed by atoms with E-state index in [1.54, 1.807) is 26.2 Å². The van der Waals surface area contributed by atoms with Gasteiger partial charge in [0.05, 0.1) is 0 Å². The van der Waals surface area contributed by atoms with Crippen molar-refractivity contribution in [2.75, 3.05) is 0 Å². The smallest absolute Gasteiger partial charge is 0.318 e. The van der Waals surface area contributed by atoms with Gasteiger partial charge in [-0.05, 0) is 124 Å². The van der Waals surface area contributed by atoms with Crippen LogP contribution in [-0.2, 0) is 16.5 Å². The molecule has 0 fully saturated rings. The second-order valence-corrected chi connectivity index (χ2v) is 45.8. The average molecular weight is 656 g/mol. The molecule has 0 amide bonds. The van der Waals surface area contributed by atoms with Crippen LogP contribution in [-0.4, -0.2) is 77.1 Å². The summed E-state index contributed by atoms with van der Waals surface area (Å²) in [5.74, 6) is 0. The van der Waals surface area contributed by atoms with Crippen molar-refractivity contribution in [3.05, 3.63) is 0 Å². The van der Waals surface area contributed by atoms with Gasteiger partial charge in [-0.25, -0.2) is 0 Å². The molecule has 0 aromatic heterocycles. The number of hydrogen-bond donors (Lipinski definition) is 5. The van der Waals surface area contributed by atoms with Crippen LogP contribution in [0.3, 0.4) is 0 Å². The van der Waals surface area contributed by atoms with Gasteiger partial charge in [-0.2, -0.15) is 0 Å². The third-order valence-corrected chi connectivity index (χ3v) is 19.9. The molecule has 0 aromatic carbocycles. The highest BCUT2D eigenvalue weighted by Gasteiger charge is 2.29. The number of nitrogens with two attached hydrogens (primary N) is 3. The van der Waals surface area contributed by atoms with Crippen LogP contribution in [0.4, 0.5) is 0 Å². The summed E-state index contributed by atoms with van der Waals surface area (Å²) in [6, 6.07) is 0. The molecule has 0 spiro atoms. The van der Waals surface area contributed by atoms with Crippen LogP contribution in [0.1, 0.15) is 0 Å². The second kappa shape index (κ2) is 16.0. The van der Waals surface area contributed by atoms with Crippen LogP contribution >= 0.6 is 0 Å². The third kappa shape index (κ3) is 64.9. The Morgan fingerprint density at radius 3 is 0.500 bits per heavy atom. The van der Waals surface area contributed by atoms with E-state index in [9.17, 15) is 9.59 Å². The molecule has 0 rings (SSSR count). The van der Waals surface area contributed by atoms with Crippen LogP contribution < -0.4 is 16.2 Å². The second-order valence-electron chi connectivity index (χ2n) is 14.4. The van der Waals surface area contributed by atoms with Crippen molar-refractivity contribution in [3.8, 4) is 0 Å². The largest absolute Gasteiger partial charge is 0.445 e. The van der Waals surface area contributed by atoms with Gasteiger partial charge in [0.25, 0.3) is 0 Å². The van der Waals surface area contributed by atoms with Gasteiger partial charge in [0.2, 0.25) is 25.4 Å². The average Bonchev–Trinajstić information content (AvgIpc) is 2.19. The topological polar surface area (TPSA) is 155 Å². The first kappa shape index (κ1) is 44.4. The van der Waals surface area contributed by atoms with E-state index in [1.165, 1.54) is 0 Å². The van der Waals surface area contributed by atoms with Gasteiger partial charge < -0.3 is 42.2 Å². The lowest BCUT2D eigenvalue weighted by molar-refractivity contribution is 0.387. The maximum atomic E-state index is 9.30. The minimum atomic E-state index is -2.23. The molecule has 0 aliphatic carbocycles. The summed E-state index contributed by atoms with van der Waals surface area (Å²) in [4.78, 5) is 18.6. The summed E-state index contributed by atoms with van der Waals surface area (Å²) < 4.78 is 22.1. The van der Waals surface area contributed by atoms with Crippen molar-refractivity contribution in [2.24, 2.45) is 16.2 Å². The summed E-state index contributed by atoms with van der Waals surface area (Å²) in [6.45, 7) is 38.0. The molecule has 0 heterocycles. The predicted molar refractivity (Wildman–Crippen MR) is 179 cm³/mol. The van der Waals surface area contributed by atoms with E-state index in [2.05, 4.69) is 58.9 Å². The maximum absolute atomic E-state index is 9.30. The van der Waals surface area contributed by atoms with Crippen LogP contribution in [0.5, 0.6) is 0 Å². The quantitative estimate of drug-likeness (QED) is 0.230. The molecule has 9 nitrogen and oxygen atoms in total. The molecule has 0 radical (unpaired) electrons. The Bertz CT molecular complexity index is 426. The van der Waals surface area contributed by atoms with Crippen molar-refractivity contribution in [1.29, 1.82) is 0 Å². The first-order chi connectivity index (χ1) is 14.8. The molecule has 17 heteroatoms. The Labute approximate surface area is 233 Å². The fourth-order valence-corrected chi connectivity index (χ4v) is 26.7. The van der Waals surface area contributed by atoms with Gasteiger partial charge in [0.1, 0.15) is 0 Å². The first-order valence-electron chi connectivity index (χ1n) is 12.4. The molecular formula is C19H65N3O6Si8. The zero-order valence-corrected chi connectivity index (χ0v) is 35.3. The Kier molecular flexibility index (Phi) is 19.7. The van der Waals surface area contributed by atoms with Crippen molar-refractivity contribution in [2.45, 2.75) is 124 Å². The third-order valence-electron chi connectivity index (χ3n) is 2.21. The molecule has 224 valence electrons. The highest BCUT2D eigenvalue weighted by Crippen LogP contribution is 2.11. The Balaban J connectivity index is -0.000000190. The molecule has 8 N–H and O–H groups in total. The van der Waals surface area contributed by atoms with Crippen molar-refractivity contribution in [1.82, 2.24) is 0 Å². The molecule has 0 unspecified atom stereocenters. The minimum absolute atomic E-state index is 1.36. The maximum Gasteiger partial charge on any atom is 0.318 e. The fraction of sp³-hybridized carbons (Fsp3) is 1.00. The van der Waals surface area contributed by atoms with Crippen molar-refractivity contribution < 1.29 is 26.1 Å². The zero-order chi connectivity index (χ0) is 30.8. The molecule has 36 heavy (non-hydrogen) atoms. The lowest BCUT2D eigenvalue weighted by atomic mass is 11.8. The van der Waals surface area contributed by atoms with Crippen molar-refractivity contribution in [3.63, 3.8) is 0 Å². The lowest BCUT2D eigenvalue weighted by Gasteiger charge is -2.27. The van der Waals surface area contributed by atoms with E-state index in [1.807, 2.05) is 39.3 Å². The summed E-state index contributed by atoms with van der Waals surface area (Å²) >= 11 is 0. The van der Waals surface area contributed by atoms with E-state index in [0.29, 0.717) is 0 Å². The van der Waals surface area contributed by atoms with Crippen molar-refractivity contribution >= 4 is 67.5 Å². The van der Waals surface area contributed by atoms with Gasteiger partial charge >= 0.3 is 17.1 Å². The molecule has 0 aromatic rings. The monoisotopic (exact) mass is 655 g/mol. The zero-order valence-electron chi connectivity index (χ0n) is 27.3. The number of rotatable bonds is 8. The molecule has 0 atom stereocenters. The first-order valence-corrected chi connectivity index (χ1v) is 37.3. The summed E-state index contributed by atoms with van der Waals surface area (Å²) in [5, 5.41) is 17.2. The van der Waals surface area contributed by atoms with E-state index in [0.717, 1.165) is 0 Å². The summed E-state index contributed by atoms with van der Waals surface area (Å²) in [6.07, 6.45) is 0. The Morgan fingerprint density at radius 2 is 0.500 bits per heavy atom. The number of hydrogen-bond acceptors (Lipinski definition) is 9. The van der Waals surface area contributed by atoms with Gasteiger partial charge in [-0.1, -0.05) is 0 Å². The van der Waals surface area contributed by atoms with Crippen LogP contribution in [0, 0.1) is 0 Å². The Hall–Kier alpha value is 1.38.